The molecule has 0 radical (unpaired) electrons. The third-order valence-corrected chi connectivity index (χ3v) is 5.95. The van der Waals surface area contributed by atoms with Gasteiger partial charge in [-0.25, -0.2) is 0 Å². The molecule has 1 aliphatic rings. The van der Waals surface area contributed by atoms with Gasteiger partial charge in [-0.1, -0.05) is 11.8 Å². The summed E-state index contributed by atoms with van der Waals surface area (Å²) in [4.78, 5) is 12.6. The summed E-state index contributed by atoms with van der Waals surface area (Å²) in [5, 5.41) is 9.34. The van der Waals surface area contributed by atoms with Crippen molar-refractivity contribution in [3.8, 4) is 0 Å². The fourth-order valence-corrected chi connectivity index (χ4v) is 3.66. The molecule has 1 aliphatic carbocycles. The molecular weight excluding hydrogens is 306 g/mol. The minimum atomic E-state index is 0.162. The summed E-state index contributed by atoms with van der Waals surface area (Å²) in [5.41, 5.74) is 5.59. The molecule has 122 valence electrons. The fourth-order valence-electron chi connectivity index (χ4n) is 2.86. The maximum atomic E-state index is 12.6. The second-order valence-corrected chi connectivity index (χ2v) is 7.44. The van der Waals surface area contributed by atoms with Crippen LogP contribution in [-0.2, 0) is 7.05 Å². The predicted octanol–water partition coefficient (Wildman–Crippen LogP) is 3.90. The Hall–Kier alpha value is -1.62. The highest BCUT2D eigenvalue weighted by Crippen LogP contribution is 2.39. The van der Waals surface area contributed by atoms with Gasteiger partial charge in [0, 0.05) is 18.5 Å². The first kappa shape index (κ1) is 16.2. The van der Waals surface area contributed by atoms with Gasteiger partial charge < -0.3 is 4.57 Å². The fraction of sp³-hybridized carbons (Fsp3) is 0.500. The highest BCUT2D eigenvalue weighted by atomic mass is 32.2. The third kappa shape index (κ3) is 3.07. The van der Waals surface area contributed by atoms with Crippen molar-refractivity contribution in [3.05, 3.63) is 39.7 Å². The number of carbonyl (C=O) groups excluding carboxylic acids is 1. The van der Waals surface area contributed by atoms with Crippen molar-refractivity contribution in [1.82, 2.24) is 14.8 Å². The van der Waals surface area contributed by atoms with Gasteiger partial charge in [-0.2, -0.15) is 0 Å². The molecule has 0 amide bonds. The number of benzene rings is 1. The number of nitrogens with zero attached hydrogens (tertiary/aromatic N) is 3. The lowest BCUT2D eigenvalue weighted by Gasteiger charge is -2.13. The van der Waals surface area contributed by atoms with E-state index in [9.17, 15) is 4.79 Å². The van der Waals surface area contributed by atoms with Crippen molar-refractivity contribution >= 4 is 17.5 Å². The van der Waals surface area contributed by atoms with E-state index in [2.05, 4.69) is 31.0 Å². The quantitative estimate of drug-likeness (QED) is 0.616. The van der Waals surface area contributed by atoms with Gasteiger partial charge in [-0.05, 0) is 68.9 Å². The lowest BCUT2D eigenvalue weighted by atomic mass is 9.93. The Balaban J connectivity index is 1.75. The van der Waals surface area contributed by atoms with Crippen LogP contribution in [-0.4, -0.2) is 26.3 Å². The van der Waals surface area contributed by atoms with E-state index in [0.29, 0.717) is 11.7 Å². The van der Waals surface area contributed by atoms with Crippen LogP contribution >= 0.6 is 11.8 Å². The molecule has 1 saturated carbocycles. The second kappa shape index (κ2) is 6.11. The monoisotopic (exact) mass is 329 g/mol. The Kier molecular flexibility index (Phi) is 4.32. The van der Waals surface area contributed by atoms with Crippen molar-refractivity contribution in [2.45, 2.75) is 51.6 Å². The van der Waals surface area contributed by atoms with Gasteiger partial charge in [0.1, 0.15) is 5.82 Å². The van der Waals surface area contributed by atoms with Gasteiger partial charge in [0.15, 0.2) is 10.9 Å². The van der Waals surface area contributed by atoms with E-state index in [4.69, 9.17) is 0 Å². The summed E-state index contributed by atoms with van der Waals surface area (Å²) in [6.45, 7) is 8.30. The number of Topliss-reactive ketones (excluding diaryl/α,β-unsaturated/α-hetero) is 1. The zero-order valence-corrected chi connectivity index (χ0v) is 15.3. The van der Waals surface area contributed by atoms with Crippen molar-refractivity contribution in [3.63, 3.8) is 0 Å². The van der Waals surface area contributed by atoms with E-state index in [0.717, 1.165) is 22.1 Å². The van der Waals surface area contributed by atoms with Crippen LogP contribution in [0.25, 0.3) is 0 Å². The summed E-state index contributed by atoms with van der Waals surface area (Å²) >= 11 is 1.48. The van der Waals surface area contributed by atoms with E-state index < -0.39 is 0 Å². The Morgan fingerprint density at radius 2 is 1.87 bits per heavy atom. The summed E-state index contributed by atoms with van der Waals surface area (Å²) in [7, 11) is 1.99. The van der Waals surface area contributed by atoms with Crippen LogP contribution in [0.15, 0.2) is 11.2 Å². The number of aryl methyl sites for hydroxylation is 1. The van der Waals surface area contributed by atoms with E-state index in [1.165, 1.54) is 41.3 Å². The molecule has 0 atom stereocenters. The van der Waals surface area contributed by atoms with Gasteiger partial charge >= 0.3 is 0 Å². The number of hydrogen-bond donors (Lipinski definition) is 0. The van der Waals surface area contributed by atoms with Crippen LogP contribution in [0.4, 0.5) is 0 Å². The van der Waals surface area contributed by atoms with E-state index >= 15 is 0 Å². The Morgan fingerprint density at radius 3 is 2.52 bits per heavy atom. The Bertz CT molecular complexity index is 775. The molecule has 2 aromatic rings. The van der Waals surface area contributed by atoms with E-state index in [1.807, 2.05) is 24.6 Å². The van der Waals surface area contributed by atoms with E-state index in [-0.39, 0.29) is 5.78 Å². The first-order valence-corrected chi connectivity index (χ1v) is 9.01. The largest absolute Gasteiger partial charge is 0.309 e. The molecule has 1 heterocycles. The highest BCUT2D eigenvalue weighted by molar-refractivity contribution is 7.99. The molecule has 5 heteroatoms. The number of aromatic nitrogens is 3. The number of hydrogen-bond acceptors (Lipinski definition) is 4. The molecule has 1 aromatic heterocycles. The summed E-state index contributed by atoms with van der Waals surface area (Å²) in [6.07, 6.45) is 2.41. The second-order valence-electron chi connectivity index (χ2n) is 6.50. The first-order valence-electron chi connectivity index (χ1n) is 8.02. The molecule has 4 nitrogen and oxygen atoms in total. The lowest BCUT2D eigenvalue weighted by Crippen LogP contribution is -2.09. The van der Waals surface area contributed by atoms with Gasteiger partial charge in [-0.3, -0.25) is 4.79 Å². The summed E-state index contributed by atoms with van der Waals surface area (Å²) in [6, 6.07) is 2.02. The summed E-state index contributed by atoms with van der Waals surface area (Å²) in [5.74, 6) is 2.19. The SMILES string of the molecule is Cc1cc(C(=O)CSc2nnc(C3CC3)n2C)c(C)c(C)c1C. The van der Waals surface area contributed by atoms with Crippen molar-refractivity contribution in [2.24, 2.45) is 7.05 Å². The predicted molar refractivity (Wildman–Crippen MR) is 93.4 cm³/mol. The molecule has 0 spiro atoms. The molecule has 0 saturated heterocycles. The topological polar surface area (TPSA) is 47.8 Å². The average Bonchev–Trinajstić information content (AvgIpc) is 3.30. The molecule has 23 heavy (non-hydrogen) atoms. The van der Waals surface area contributed by atoms with Gasteiger partial charge in [0.05, 0.1) is 5.75 Å². The van der Waals surface area contributed by atoms with Crippen LogP contribution in [0.3, 0.4) is 0 Å². The maximum absolute atomic E-state index is 12.6. The molecule has 1 fully saturated rings. The molecule has 0 bridgehead atoms. The Labute approximate surface area is 141 Å². The minimum absolute atomic E-state index is 0.162. The molecule has 3 rings (SSSR count). The maximum Gasteiger partial charge on any atom is 0.191 e. The van der Waals surface area contributed by atoms with Crippen LogP contribution < -0.4 is 0 Å². The van der Waals surface area contributed by atoms with Gasteiger partial charge in [0.2, 0.25) is 0 Å². The zero-order chi connectivity index (χ0) is 16.7. The summed E-state index contributed by atoms with van der Waals surface area (Å²) < 4.78 is 2.04. The lowest BCUT2D eigenvalue weighted by molar-refractivity contribution is 0.102. The molecule has 0 aliphatic heterocycles. The van der Waals surface area contributed by atoms with Crippen LogP contribution in [0, 0.1) is 27.7 Å². The van der Waals surface area contributed by atoms with Crippen molar-refractivity contribution in [1.29, 1.82) is 0 Å². The number of rotatable bonds is 5. The van der Waals surface area contributed by atoms with E-state index in [1.54, 1.807) is 0 Å². The normalized spacial score (nSPS) is 14.3. The number of thioether (sulfide) groups is 1. The van der Waals surface area contributed by atoms with Crippen molar-refractivity contribution < 1.29 is 4.79 Å². The van der Waals surface area contributed by atoms with Crippen molar-refractivity contribution in [2.75, 3.05) is 5.75 Å². The smallest absolute Gasteiger partial charge is 0.191 e. The number of ketones is 1. The Morgan fingerprint density at radius 1 is 1.17 bits per heavy atom. The molecular formula is C18H23N3OS. The zero-order valence-electron chi connectivity index (χ0n) is 14.4. The average molecular weight is 329 g/mol. The number of carbonyl (C=O) groups is 1. The van der Waals surface area contributed by atoms with Crippen LogP contribution in [0.5, 0.6) is 0 Å². The van der Waals surface area contributed by atoms with Crippen LogP contribution in [0.1, 0.15) is 57.2 Å². The molecule has 1 aromatic carbocycles. The van der Waals surface area contributed by atoms with Gasteiger partial charge in [-0.15, -0.1) is 10.2 Å². The molecule has 0 N–H and O–H groups in total. The highest BCUT2D eigenvalue weighted by Gasteiger charge is 2.29. The van der Waals surface area contributed by atoms with Gasteiger partial charge in [0.25, 0.3) is 0 Å². The van der Waals surface area contributed by atoms with Crippen LogP contribution in [0.2, 0.25) is 0 Å². The molecule has 0 unspecified atom stereocenters. The first-order chi connectivity index (χ1) is 10.9. The third-order valence-electron chi connectivity index (χ3n) is 4.93. The minimum Gasteiger partial charge on any atom is -0.309 e. The standard InChI is InChI=1S/C18H23N3OS/c1-10-8-15(13(4)12(3)11(10)2)16(22)9-23-18-20-19-17(21(18)5)14-6-7-14/h8,14H,6-7,9H2,1-5H3.